The molecule has 0 spiro atoms. The van der Waals surface area contributed by atoms with E-state index in [1.54, 1.807) is 6.08 Å². The van der Waals surface area contributed by atoms with Crippen molar-refractivity contribution >= 4 is 23.8 Å². The highest BCUT2D eigenvalue weighted by molar-refractivity contribution is 6.30. The number of aryl methyl sites for hydroxylation is 1. The highest BCUT2D eigenvalue weighted by atomic mass is 35.5. The van der Waals surface area contributed by atoms with Crippen LogP contribution >= 0.6 is 11.6 Å². The monoisotopic (exact) mass is 312 g/mol. The molecule has 0 saturated heterocycles. The molecule has 0 aromatic heterocycles. The average molecular weight is 313 g/mol. The summed E-state index contributed by atoms with van der Waals surface area (Å²) in [5.41, 5.74) is 5.23. The van der Waals surface area contributed by atoms with Crippen LogP contribution in [0.25, 0.3) is 12.2 Å². The molecule has 2 aromatic rings. The second-order valence-corrected chi connectivity index (χ2v) is 6.72. The Morgan fingerprint density at radius 3 is 1.95 bits per heavy atom. The van der Waals surface area contributed by atoms with Crippen molar-refractivity contribution in [1.29, 1.82) is 0 Å². The normalized spacial score (nSPS) is 10.4. The fraction of sp³-hybridized carbons (Fsp3) is 0.238. The van der Waals surface area contributed by atoms with Crippen LogP contribution in [0.2, 0.25) is 5.02 Å². The van der Waals surface area contributed by atoms with Crippen LogP contribution in [0.5, 0.6) is 0 Å². The van der Waals surface area contributed by atoms with E-state index in [-0.39, 0.29) is 5.41 Å². The lowest BCUT2D eigenvalue weighted by atomic mass is 9.85. The van der Waals surface area contributed by atoms with Gasteiger partial charge >= 0.3 is 0 Å². The summed E-state index contributed by atoms with van der Waals surface area (Å²) < 4.78 is 0. The van der Waals surface area contributed by atoms with Crippen molar-refractivity contribution in [1.82, 2.24) is 0 Å². The Hall–Kier alpha value is -1.79. The van der Waals surface area contributed by atoms with Crippen molar-refractivity contribution in [2.75, 3.05) is 0 Å². The minimum atomic E-state index is 0.228. The summed E-state index contributed by atoms with van der Waals surface area (Å²) in [6.07, 6.45) is 3.71. The van der Waals surface area contributed by atoms with Gasteiger partial charge in [-0.2, -0.15) is 0 Å². The Morgan fingerprint density at radius 1 is 0.909 bits per heavy atom. The summed E-state index contributed by atoms with van der Waals surface area (Å²) in [5.74, 6) is 0. The highest BCUT2D eigenvalue weighted by Gasteiger charge is 2.13. The van der Waals surface area contributed by atoms with E-state index in [9.17, 15) is 0 Å². The molecule has 0 N–H and O–H groups in total. The fourth-order valence-electron chi connectivity index (χ4n) is 1.93. The quantitative estimate of drug-likeness (QED) is 0.564. The average Bonchev–Trinajstić information content (AvgIpc) is 2.48. The third kappa shape index (κ3) is 5.54. The number of hydrogen-bond acceptors (Lipinski definition) is 0. The van der Waals surface area contributed by atoms with Gasteiger partial charge in [-0.3, -0.25) is 0 Å². The highest BCUT2D eigenvalue weighted by Crippen LogP contribution is 2.24. The number of rotatable bonds is 2. The van der Waals surface area contributed by atoms with E-state index in [1.165, 1.54) is 16.7 Å². The summed E-state index contributed by atoms with van der Waals surface area (Å²) in [6, 6.07) is 14.1. The fourth-order valence-corrected chi connectivity index (χ4v) is 2.05. The molecule has 0 saturated carbocycles. The molecule has 0 nitrogen and oxygen atoms in total. The van der Waals surface area contributed by atoms with E-state index in [0.29, 0.717) is 0 Å². The van der Waals surface area contributed by atoms with Crippen LogP contribution in [0.3, 0.4) is 0 Å². The molecular formula is C21H25Cl. The first kappa shape index (κ1) is 18.3. The van der Waals surface area contributed by atoms with Crippen molar-refractivity contribution < 1.29 is 0 Å². The largest absolute Gasteiger partial charge is 0.0985 e. The first-order valence-electron chi connectivity index (χ1n) is 7.39. The lowest BCUT2D eigenvalue weighted by molar-refractivity contribution is 0.590. The lowest BCUT2D eigenvalue weighted by Crippen LogP contribution is -2.11. The smallest absolute Gasteiger partial charge is 0.0406 e. The second kappa shape index (κ2) is 8.00. The predicted molar refractivity (Wildman–Crippen MR) is 102 cm³/mol. The van der Waals surface area contributed by atoms with Gasteiger partial charge in [0.15, 0.2) is 0 Å². The van der Waals surface area contributed by atoms with E-state index in [1.807, 2.05) is 30.3 Å². The van der Waals surface area contributed by atoms with E-state index in [2.05, 4.69) is 59.1 Å². The maximum absolute atomic E-state index is 5.63. The van der Waals surface area contributed by atoms with Gasteiger partial charge in [-0.15, -0.1) is 0 Å². The summed E-state index contributed by atoms with van der Waals surface area (Å²) in [5, 5.41) is 0.764. The zero-order chi connectivity index (χ0) is 16.8. The Kier molecular flexibility index (Phi) is 6.64. The van der Waals surface area contributed by atoms with Crippen molar-refractivity contribution in [3.8, 4) is 0 Å². The van der Waals surface area contributed by atoms with E-state index >= 15 is 0 Å². The van der Waals surface area contributed by atoms with Gasteiger partial charge in [-0.05, 0) is 46.7 Å². The molecule has 0 aliphatic rings. The number of benzene rings is 2. The first-order valence-corrected chi connectivity index (χ1v) is 7.77. The van der Waals surface area contributed by atoms with Crippen LogP contribution in [0.15, 0.2) is 55.6 Å². The van der Waals surface area contributed by atoms with Gasteiger partial charge in [-0.25, -0.2) is 0 Å². The Balaban J connectivity index is 0.000000235. The molecule has 2 aromatic carbocycles. The molecule has 0 aliphatic heterocycles. The Bertz CT molecular complexity index is 628. The van der Waals surface area contributed by atoms with E-state index in [0.717, 1.165) is 10.6 Å². The van der Waals surface area contributed by atoms with Crippen LogP contribution in [0, 0.1) is 6.92 Å². The van der Waals surface area contributed by atoms with E-state index < -0.39 is 0 Å². The van der Waals surface area contributed by atoms with Gasteiger partial charge in [0, 0.05) is 5.02 Å². The van der Waals surface area contributed by atoms with Crippen LogP contribution in [0.1, 0.15) is 43.0 Å². The summed E-state index contributed by atoms with van der Waals surface area (Å²) >= 11 is 5.63. The molecule has 0 bridgehead atoms. The van der Waals surface area contributed by atoms with Crippen molar-refractivity contribution in [2.24, 2.45) is 0 Å². The van der Waals surface area contributed by atoms with Crippen molar-refractivity contribution in [3.05, 3.63) is 82.9 Å². The maximum Gasteiger partial charge on any atom is 0.0406 e. The van der Waals surface area contributed by atoms with Crippen LogP contribution in [-0.2, 0) is 5.41 Å². The van der Waals surface area contributed by atoms with Crippen molar-refractivity contribution in [3.63, 3.8) is 0 Å². The van der Waals surface area contributed by atoms with Gasteiger partial charge in [0.25, 0.3) is 0 Å². The van der Waals surface area contributed by atoms with E-state index in [4.69, 9.17) is 11.6 Å². The maximum atomic E-state index is 5.63. The van der Waals surface area contributed by atoms with Crippen molar-refractivity contribution in [2.45, 2.75) is 33.1 Å². The first-order chi connectivity index (χ1) is 10.3. The molecule has 0 heterocycles. The van der Waals surface area contributed by atoms with Gasteiger partial charge in [0.05, 0.1) is 0 Å². The second-order valence-electron chi connectivity index (χ2n) is 6.28. The Morgan fingerprint density at radius 2 is 1.50 bits per heavy atom. The van der Waals surface area contributed by atoms with Crippen LogP contribution < -0.4 is 0 Å². The minimum Gasteiger partial charge on any atom is -0.0985 e. The van der Waals surface area contributed by atoms with Gasteiger partial charge in [0.1, 0.15) is 0 Å². The summed E-state index contributed by atoms with van der Waals surface area (Å²) in [7, 11) is 0. The molecule has 22 heavy (non-hydrogen) atoms. The molecule has 0 atom stereocenters. The molecule has 1 heteroatoms. The zero-order valence-corrected chi connectivity index (χ0v) is 14.7. The molecule has 0 aliphatic carbocycles. The van der Waals surface area contributed by atoms with Gasteiger partial charge in [0.2, 0.25) is 0 Å². The number of halogens is 1. The third-order valence-electron chi connectivity index (χ3n) is 3.47. The summed E-state index contributed by atoms with van der Waals surface area (Å²) in [6.45, 7) is 16.2. The standard InChI is InChI=1S/C13H18.C8H7Cl/c1-6-11-9-12(13(3,4)5)8-7-10(11)2;1-2-7-3-5-8(9)6-4-7/h6-9H,1H2,2-5H3;2-6H,1H2. The van der Waals surface area contributed by atoms with Gasteiger partial charge < -0.3 is 0 Å². The number of hydrogen-bond donors (Lipinski definition) is 0. The Labute approximate surface area is 140 Å². The lowest BCUT2D eigenvalue weighted by Gasteiger charge is -2.20. The SMILES string of the molecule is C=Cc1cc(C(C)(C)C)ccc1C.C=Cc1ccc(Cl)cc1. The van der Waals surface area contributed by atoms with Crippen LogP contribution in [-0.4, -0.2) is 0 Å². The van der Waals surface area contributed by atoms with Crippen LogP contribution in [0.4, 0.5) is 0 Å². The zero-order valence-electron chi connectivity index (χ0n) is 14.0. The molecule has 116 valence electrons. The minimum absolute atomic E-state index is 0.228. The molecule has 0 amide bonds. The molecule has 2 rings (SSSR count). The van der Waals surface area contributed by atoms with Gasteiger partial charge in [-0.1, -0.05) is 88.0 Å². The third-order valence-corrected chi connectivity index (χ3v) is 3.72. The molecule has 0 unspecified atom stereocenters. The molecular weight excluding hydrogens is 288 g/mol. The molecule has 0 radical (unpaired) electrons. The predicted octanol–water partition coefficient (Wildman–Crippen LogP) is 6.92. The summed E-state index contributed by atoms with van der Waals surface area (Å²) in [4.78, 5) is 0. The molecule has 0 fully saturated rings. The topological polar surface area (TPSA) is 0 Å².